The Balaban J connectivity index is 3.03. The SMILES string of the molecule is COC(=O)C(N)Cc1ccc(C(N)=O)c(F)c1F. The van der Waals surface area contributed by atoms with Crippen LogP contribution >= 0.6 is 0 Å². The Morgan fingerprint density at radius 3 is 2.44 bits per heavy atom. The summed E-state index contributed by atoms with van der Waals surface area (Å²) in [5, 5.41) is 0. The van der Waals surface area contributed by atoms with Gasteiger partial charge in [0.05, 0.1) is 12.7 Å². The quantitative estimate of drug-likeness (QED) is 0.749. The highest BCUT2D eigenvalue weighted by atomic mass is 19.2. The van der Waals surface area contributed by atoms with Gasteiger partial charge in [-0.15, -0.1) is 0 Å². The van der Waals surface area contributed by atoms with E-state index in [0.717, 1.165) is 19.2 Å². The minimum Gasteiger partial charge on any atom is -0.468 e. The number of hydrogen-bond donors (Lipinski definition) is 2. The molecule has 0 saturated heterocycles. The number of ether oxygens (including phenoxy) is 1. The van der Waals surface area contributed by atoms with Gasteiger partial charge < -0.3 is 16.2 Å². The molecule has 5 nitrogen and oxygen atoms in total. The van der Waals surface area contributed by atoms with E-state index in [2.05, 4.69) is 4.74 Å². The van der Waals surface area contributed by atoms with Gasteiger partial charge in [0, 0.05) is 6.42 Å². The Kier molecular flexibility index (Phi) is 4.33. The summed E-state index contributed by atoms with van der Waals surface area (Å²) in [6, 6.07) is 1.09. The van der Waals surface area contributed by atoms with E-state index in [0.29, 0.717) is 0 Å². The summed E-state index contributed by atoms with van der Waals surface area (Å²) in [6.07, 6.45) is -0.242. The predicted molar refractivity (Wildman–Crippen MR) is 58.6 cm³/mol. The lowest BCUT2D eigenvalue weighted by Crippen LogP contribution is -2.34. The van der Waals surface area contributed by atoms with E-state index in [1.807, 2.05) is 0 Å². The van der Waals surface area contributed by atoms with Crippen LogP contribution in [0, 0.1) is 11.6 Å². The van der Waals surface area contributed by atoms with Crippen molar-refractivity contribution in [3.8, 4) is 0 Å². The highest BCUT2D eigenvalue weighted by Crippen LogP contribution is 2.17. The van der Waals surface area contributed by atoms with Crippen LogP contribution in [0.4, 0.5) is 8.78 Å². The van der Waals surface area contributed by atoms with Crippen LogP contribution in [0.1, 0.15) is 15.9 Å². The number of esters is 1. The largest absolute Gasteiger partial charge is 0.468 e. The van der Waals surface area contributed by atoms with E-state index in [1.54, 1.807) is 0 Å². The maximum atomic E-state index is 13.6. The zero-order chi connectivity index (χ0) is 13.9. The van der Waals surface area contributed by atoms with E-state index in [9.17, 15) is 18.4 Å². The van der Waals surface area contributed by atoms with Crippen LogP contribution in [0.25, 0.3) is 0 Å². The second-order valence-electron chi connectivity index (χ2n) is 3.60. The van der Waals surface area contributed by atoms with Gasteiger partial charge in [0.25, 0.3) is 5.91 Å². The molecule has 0 heterocycles. The first kappa shape index (κ1) is 14.0. The number of methoxy groups -OCH3 is 1. The second kappa shape index (κ2) is 5.54. The molecule has 0 aliphatic carbocycles. The second-order valence-corrected chi connectivity index (χ2v) is 3.60. The van der Waals surface area contributed by atoms with Crippen LogP contribution in [-0.2, 0) is 16.0 Å². The van der Waals surface area contributed by atoms with Gasteiger partial charge >= 0.3 is 5.97 Å². The Hall–Kier alpha value is -2.02. The minimum atomic E-state index is -1.35. The first-order valence-electron chi connectivity index (χ1n) is 4.98. The van der Waals surface area contributed by atoms with Gasteiger partial charge in [0.15, 0.2) is 11.6 Å². The molecule has 1 amide bonds. The highest BCUT2D eigenvalue weighted by Gasteiger charge is 2.21. The highest BCUT2D eigenvalue weighted by molar-refractivity contribution is 5.93. The van der Waals surface area contributed by atoms with Crippen LogP contribution < -0.4 is 11.5 Å². The van der Waals surface area contributed by atoms with Gasteiger partial charge in [0.2, 0.25) is 0 Å². The maximum Gasteiger partial charge on any atom is 0.322 e. The molecule has 0 aliphatic rings. The lowest BCUT2D eigenvalue weighted by atomic mass is 10.0. The number of primary amides is 1. The number of halogens is 2. The number of nitrogens with two attached hydrogens (primary N) is 2. The summed E-state index contributed by atoms with van der Waals surface area (Å²) in [5.41, 5.74) is 9.60. The van der Waals surface area contributed by atoms with E-state index in [-0.39, 0.29) is 12.0 Å². The van der Waals surface area contributed by atoms with Gasteiger partial charge in [-0.05, 0) is 11.6 Å². The summed E-state index contributed by atoms with van der Waals surface area (Å²) in [5.74, 6) is -4.41. The van der Waals surface area contributed by atoms with Crippen molar-refractivity contribution >= 4 is 11.9 Å². The lowest BCUT2D eigenvalue weighted by Gasteiger charge is -2.11. The van der Waals surface area contributed by atoms with Crippen molar-refractivity contribution in [3.05, 3.63) is 34.9 Å². The minimum absolute atomic E-state index is 0.129. The summed E-state index contributed by atoms with van der Waals surface area (Å²) in [4.78, 5) is 21.8. The molecule has 18 heavy (non-hydrogen) atoms. The van der Waals surface area contributed by atoms with Crippen LogP contribution in [0.2, 0.25) is 0 Å². The van der Waals surface area contributed by atoms with E-state index in [1.165, 1.54) is 0 Å². The topological polar surface area (TPSA) is 95.4 Å². The fourth-order valence-corrected chi connectivity index (χ4v) is 1.41. The average Bonchev–Trinajstić information content (AvgIpc) is 2.33. The first-order chi connectivity index (χ1) is 8.38. The number of rotatable bonds is 4. The van der Waals surface area contributed by atoms with Gasteiger partial charge in [-0.2, -0.15) is 0 Å². The molecule has 1 rings (SSSR count). The zero-order valence-electron chi connectivity index (χ0n) is 9.57. The predicted octanol–water partition coefficient (Wildman–Crippen LogP) is 0.106. The Morgan fingerprint density at radius 1 is 1.33 bits per heavy atom. The third kappa shape index (κ3) is 2.80. The maximum absolute atomic E-state index is 13.6. The Morgan fingerprint density at radius 2 is 1.94 bits per heavy atom. The van der Waals surface area contributed by atoms with Crippen LogP contribution in [-0.4, -0.2) is 25.0 Å². The van der Waals surface area contributed by atoms with E-state index >= 15 is 0 Å². The van der Waals surface area contributed by atoms with Gasteiger partial charge in [-0.1, -0.05) is 6.07 Å². The molecular weight excluding hydrogens is 246 g/mol. The monoisotopic (exact) mass is 258 g/mol. The number of carbonyl (C=O) groups excluding carboxylic acids is 2. The molecule has 98 valence electrons. The van der Waals surface area contributed by atoms with Crippen LogP contribution in [0.15, 0.2) is 12.1 Å². The lowest BCUT2D eigenvalue weighted by molar-refractivity contribution is -0.142. The number of carbonyl (C=O) groups is 2. The van der Waals surface area contributed by atoms with Gasteiger partial charge in [-0.3, -0.25) is 9.59 Å². The standard InChI is InChI=1S/C11H12F2N2O3/c1-18-11(17)7(14)4-5-2-3-6(10(15)16)9(13)8(5)12/h2-3,7H,4,14H2,1H3,(H2,15,16). The van der Waals surface area contributed by atoms with E-state index in [4.69, 9.17) is 11.5 Å². The molecule has 7 heteroatoms. The Labute approximate surface area is 102 Å². The van der Waals surface area contributed by atoms with Crippen molar-refractivity contribution in [2.24, 2.45) is 11.5 Å². The summed E-state index contributed by atoms with van der Waals surface area (Å²) < 4.78 is 31.3. The average molecular weight is 258 g/mol. The molecule has 1 aromatic rings. The van der Waals surface area contributed by atoms with Crippen molar-refractivity contribution < 1.29 is 23.1 Å². The van der Waals surface area contributed by atoms with Crippen molar-refractivity contribution in [1.29, 1.82) is 0 Å². The zero-order valence-corrected chi connectivity index (χ0v) is 9.57. The summed E-state index contributed by atoms with van der Waals surface area (Å²) >= 11 is 0. The number of hydrogen-bond acceptors (Lipinski definition) is 4. The third-order valence-electron chi connectivity index (χ3n) is 2.37. The molecule has 0 spiro atoms. The van der Waals surface area contributed by atoms with Crippen molar-refractivity contribution in [3.63, 3.8) is 0 Å². The fourth-order valence-electron chi connectivity index (χ4n) is 1.41. The molecular formula is C11H12F2N2O3. The van der Waals surface area contributed by atoms with Crippen LogP contribution in [0.3, 0.4) is 0 Å². The number of benzene rings is 1. The molecule has 0 aliphatic heterocycles. The fraction of sp³-hybridized carbons (Fsp3) is 0.273. The van der Waals surface area contributed by atoms with Crippen molar-refractivity contribution in [2.45, 2.75) is 12.5 Å². The molecule has 0 radical (unpaired) electrons. The molecule has 1 aromatic carbocycles. The molecule has 0 fully saturated rings. The summed E-state index contributed by atoms with van der Waals surface area (Å²) in [7, 11) is 1.13. The third-order valence-corrected chi connectivity index (χ3v) is 2.37. The van der Waals surface area contributed by atoms with Gasteiger partial charge in [-0.25, -0.2) is 8.78 Å². The van der Waals surface area contributed by atoms with Gasteiger partial charge in [0.1, 0.15) is 6.04 Å². The molecule has 1 unspecified atom stereocenters. The Bertz CT molecular complexity index is 491. The molecule has 0 saturated carbocycles. The molecule has 0 aromatic heterocycles. The normalized spacial score (nSPS) is 12.0. The molecule has 4 N–H and O–H groups in total. The van der Waals surface area contributed by atoms with Crippen molar-refractivity contribution in [1.82, 2.24) is 0 Å². The van der Waals surface area contributed by atoms with Crippen LogP contribution in [0.5, 0.6) is 0 Å². The molecule has 1 atom stereocenters. The van der Waals surface area contributed by atoms with E-state index < -0.39 is 35.1 Å². The van der Waals surface area contributed by atoms with Crippen molar-refractivity contribution in [2.75, 3.05) is 7.11 Å². The number of amides is 1. The first-order valence-corrected chi connectivity index (χ1v) is 4.98. The smallest absolute Gasteiger partial charge is 0.322 e. The molecule has 0 bridgehead atoms. The summed E-state index contributed by atoms with van der Waals surface area (Å²) in [6.45, 7) is 0.